The number of aryl methyl sites for hydroxylation is 1. The quantitative estimate of drug-likeness (QED) is 0.497. The highest BCUT2D eigenvalue weighted by Crippen LogP contribution is 2.33. The number of sulfonamides is 1. The molecule has 2 aromatic carbocycles. The molecule has 0 N–H and O–H groups in total. The number of hydrogen-bond donors (Lipinski definition) is 0. The van der Waals surface area contributed by atoms with E-state index in [1.165, 1.54) is 4.31 Å². The standard InChI is InChI=1S/C23H21N3O2S/c1-17-13-14-21(19-11-8-16-25-22(17)19)29(27,28)26(2)23(18-9-4-3-5-10-18)20-12-6-7-15-24-20/h3-16,23H,1-2H3. The highest BCUT2D eigenvalue weighted by atomic mass is 32.2. The Hall–Kier alpha value is -3.09. The maximum Gasteiger partial charge on any atom is 0.244 e. The molecule has 0 saturated heterocycles. The van der Waals surface area contributed by atoms with E-state index in [-0.39, 0.29) is 4.90 Å². The number of hydrogen-bond acceptors (Lipinski definition) is 4. The molecule has 0 aliphatic rings. The smallest absolute Gasteiger partial charge is 0.244 e. The summed E-state index contributed by atoms with van der Waals surface area (Å²) in [5.41, 5.74) is 3.15. The summed E-state index contributed by atoms with van der Waals surface area (Å²) in [6.45, 7) is 1.93. The molecule has 29 heavy (non-hydrogen) atoms. The average Bonchev–Trinajstić information content (AvgIpc) is 2.76. The molecular formula is C23H21N3O2S. The first-order chi connectivity index (χ1) is 14.0. The van der Waals surface area contributed by atoms with Crippen LogP contribution >= 0.6 is 0 Å². The summed E-state index contributed by atoms with van der Waals surface area (Å²) in [7, 11) is -2.22. The van der Waals surface area contributed by atoms with Gasteiger partial charge in [-0.2, -0.15) is 4.31 Å². The van der Waals surface area contributed by atoms with Gasteiger partial charge in [0.1, 0.15) is 0 Å². The van der Waals surface area contributed by atoms with Gasteiger partial charge in [0.2, 0.25) is 10.0 Å². The van der Waals surface area contributed by atoms with Crippen LogP contribution in [0.5, 0.6) is 0 Å². The summed E-state index contributed by atoms with van der Waals surface area (Å²) in [4.78, 5) is 9.06. The molecule has 1 atom stereocenters. The molecule has 0 bridgehead atoms. The fourth-order valence-electron chi connectivity index (χ4n) is 3.55. The van der Waals surface area contributed by atoms with Gasteiger partial charge in [-0.1, -0.05) is 42.5 Å². The summed E-state index contributed by atoms with van der Waals surface area (Å²) < 4.78 is 28.8. The van der Waals surface area contributed by atoms with Gasteiger partial charge in [-0.05, 0) is 48.4 Å². The molecule has 4 rings (SSSR count). The fourth-order valence-corrected chi connectivity index (χ4v) is 5.05. The first kappa shape index (κ1) is 19.2. The summed E-state index contributed by atoms with van der Waals surface area (Å²) in [6, 6.07) is 21.5. The predicted octanol–water partition coefficient (Wildman–Crippen LogP) is 4.35. The summed E-state index contributed by atoms with van der Waals surface area (Å²) >= 11 is 0. The molecule has 1 unspecified atom stereocenters. The minimum Gasteiger partial charge on any atom is -0.259 e. The second-order valence-corrected chi connectivity index (χ2v) is 8.84. The SMILES string of the molecule is Cc1ccc(S(=O)(=O)N(C)C(c2ccccc2)c2ccccn2)c2cccnc12. The number of pyridine rings is 2. The number of rotatable bonds is 5. The van der Waals surface area contributed by atoms with E-state index >= 15 is 0 Å². The van der Waals surface area contributed by atoms with Crippen molar-refractivity contribution in [2.24, 2.45) is 0 Å². The van der Waals surface area contributed by atoms with E-state index in [9.17, 15) is 8.42 Å². The molecule has 0 aliphatic heterocycles. The van der Waals surface area contributed by atoms with Crippen molar-refractivity contribution in [1.82, 2.24) is 14.3 Å². The van der Waals surface area contributed by atoms with Crippen LogP contribution in [-0.4, -0.2) is 29.7 Å². The monoisotopic (exact) mass is 403 g/mol. The van der Waals surface area contributed by atoms with Crippen molar-refractivity contribution >= 4 is 20.9 Å². The Kier molecular flexibility index (Phi) is 5.13. The summed E-state index contributed by atoms with van der Waals surface area (Å²) in [5, 5.41) is 0.618. The molecule has 0 saturated carbocycles. The van der Waals surface area contributed by atoms with Crippen molar-refractivity contribution in [3.05, 3.63) is 102 Å². The van der Waals surface area contributed by atoms with E-state index in [4.69, 9.17) is 0 Å². The van der Waals surface area contributed by atoms with Crippen molar-refractivity contribution in [3.8, 4) is 0 Å². The van der Waals surface area contributed by atoms with Gasteiger partial charge in [0, 0.05) is 24.8 Å². The Morgan fingerprint density at radius 2 is 1.55 bits per heavy atom. The second kappa shape index (κ2) is 7.73. The molecule has 0 radical (unpaired) electrons. The third kappa shape index (κ3) is 3.52. The third-order valence-corrected chi connectivity index (χ3v) is 6.92. The van der Waals surface area contributed by atoms with Gasteiger partial charge >= 0.3 is 0 Å². The van der Waals surface area contributed by atoms with Gasteiger partial charge in [0.15, 0.2) is 0 Å². The number of aromatic nitrogens is 2. The van der Waals surface area contributed by atoms with Crippen molar-refractivity contribution < 1.29 is 8.42 Å². The largest absolute Gasteiger partial charge is 0.259 e. The molecule has 4 aromatic rings. The number of fused-ring (bicyclic) bond motifs is 1. The van der Waals surface area contributed by atoms with Gasteiger partial charge < -0.3 is 0 Å². The van der Waals surface area contributed by atoms with E-state index < -0.39 is 16.1 Å². The van der Waals surface area contributed by atoms with Crippen molar-refractivity contribution in [2.75, 3.05) is 7.05 Å². The Labute approximate surface area is 170 Å². The number of benzene rings is 2. The minimum atomic E-state index is -3.82. The third-order valence-electron chi connectivity index (χ3n) is 5.04. The lowest BCUT2D eigenvalue weighted by Gasteiger charge is -2.28. The Balaban J connectivity index is 1.89. The fraction of sp³-hybridized carbons (Fsp3) is 0.130. The van der Waals surface area contributed by atoms with E-state index in [2.05, 4.69) is 9.97 Å². The van der Waals surface area contributed by atoms with Crippen LogP contribution in [0.2, 0.25) is 0 Å². The van der Waals surface area contributed by atoms with Gasteiger partial charge in [0.05, 0.1) is 22.1 Å². The maximum atomic E-state index is 13.7. The van der Waals surface area contributed by atoms with Crippen LogP contribution in [0.3, 0.4) is 0 Å². The predicted molar refractivity (Wildman–Crippen MR) is 114 cm³/mol. The maximum absolute atomic E-state index is 13.7. The highest BCUT2D eigenvalue weighted by Gasteiger charge is 2.32. The van der Waals surface area contributed by atoms with Crippen LogP contribution in [-0.2, 0) is 10.0 Å². The Bertz CT molecular complexity index is 1200. The van der Waals surface area contributed by atoms with E-state index in [1.807, 2.05) is 55.5 Å². The highest BCUT2D eigenvalue weighted by molar-refractivity contribution is 7.89. The van der Waals surface area contributed by atoms with Crippen LogP contribution in [0, 0.1) is 6.92 Å². The molecule has 6 heteroatoms. The lowest BCUT2D eigenvalue weighted by molar-refractivity contribution is 0.412. The molecule has 0 spiro atoms. The first-order valence-corrected chi connectivity index (χ1v) is 10.7. The van der Waals surface area contributed by atoms with Crippen LogP contribution in [0.15, 0.2) is 90.1 Å². The summed E-state index contributed by atoms with van der Waals surface area (Å²) in [5.74, 6) is 0. The van der Waals surface area contributed by atoms with Crippen LogP contribution < -0.4 is 0 Å². The minimum absolute atomic E-state index is 0.241. The van der Waals surface area contributed by atoms with E-state index in [0.717, 1.165) is 11.1 Å². The van der Waals surface area contributed by atoms with Crippen molar-refractivity contribution in [1.29, 1.82) is 0 Å². The number of nitrogens with zero attached hydrogens (tertiary/aromatic N) is 3. The van der Waals surface area contributed by atoms with Gasteiger partial charge in [0.25, 0.3) is 0 Å². The molecule has 0 fully saturated rings. The second-order valence-electron chi connectivity index (χ2n) is 6.87. The van der Waals surface area contributed by atoms with Crippen molar-refractivity contribution in [3.63, 3.8) is 0 Å². The van der Waals surface area contributed by atoms with E-state index in [1.54, 1.807) is 43.7 Å². The molecule has 2 heterocycles. The van der Waals surface area contributed by atoms with Gasteiger partial charge in [-0.15, -0.1) is 0 Å². The first-order valence-electron chi connectivity index (χ1n) is 9.28. The summed E-state index contributed by atoms with van der Waals surface area (Å²) in [6.07, 6.45) is 3.35. The molecule has 146 valence electrons. The zero-order chi connectivity index (χ0) is 20.4. The lowest BCUT2D eigenvalue weighted by atomic mass is 10.0. The molecular weight excluding hydrogens is 382 g/mol. The molecule has 5 nitrogen and oxygen atoms in total. The van der Waals surface area contributed by atoms with Crippen LogP contribution in [0.1, 0.15) is 22.9 Å². The topological polar surface area (TPSA) is 63.2 Å². The zero-order valence-corrected chi connectivity index (χ0v) is 17.0. The zero-order valence-electron chi connectivity index (χ0n) is 16.2. The Morgan fingerprint density at radius 3 is 2.28 bits per heavy atom. The molecule has 0 aliphatic carbocycles. The van der Waals surface area contributed by atoms with Crippen LogP contribution in [0.4, 0.5) is 0 Å². The van der Waals surface area contributed by atoms with Crippen LogP contribution in [0.25, 0.3) is 10.9 Å². The molecule has 0 amide bonds. The van der Waals surface area contributed by atoms with Crippen molar-refractivity contribution in [2.45, 2.75) is 17.9 Å². The lowest BCUT2D eigenvalue weighted by Crippen LogP contribution is -2.32. The van der Waals surface area contributed by atoms with Gasteiger partial charge in [-0.25, -0.2) is 8.42 Å². The van der Waals surface area contributed by atoms with Gasteiger partial charge in [-0.3, -0.25) is 9.97 Å². The average molecular weight is 404 g/mol. The van der Waals surface area contributed by atoms with E-state index in [0.29, 0.717) is 16.6 Å². The normalized spacial score (nSPS) is 12.9. The molecule has 2 aromatic heterocycles. The Morgan fingerprint density at radius 1 is 0.828 bits per heavy atom.